The molecule has 0 spiro atoms. The molecule has 1 heterocycles. The van der Waals surface area contributed by atoms with E-state index in [-0.39, 0.29) is 25.5 Å². The summed E-state index contributed by atoms with van der Waals surface area (Å²) in [5.74, 6) is -0.840. The Labute approximate surface area is 103 Å². The molecule has 0 aliphatic heterocycles. The molecule has 0 aliphatic rings. The summed E-state index contributed by atoms with van der Waals surface area (Å²) in [6, 6.07) is 2.64. The second-order valence-corrected chi connectivity index (χ2v) is 3.39. The van der Waals surface area contributed by atoms with Gasteiger partial charge < -0.3 is 9.47 Å². The lowest BCUT2D eigenvalue weighted by molar-refractivity contribution is -0.145. The fourth-order valence-corrected chi connectivity index (χ4v) is 1.25. The Morgan fingerprint density at radius 2 is 2.11 bits per heavy atom. The van der Waals surface area contributed by atoms with Gasteiger partial charge in [0.2, 0.25) is 5.88 Å². The highest BCUT2D eigenvalue weighted by Crippen LogP contribution is 2.00. The van der Waals surface area contributed by atoms with Gasteiger partial charge in [-0.25, -0.2) is 4.68 Å². The summed E-state index contributed by atoms with van der Waals surface area (Å²) in [5, 5.41) is 3.79. The number of hydrogen-bond donors (Lipinski definition) is 0. The van der Waals surface area contributed by atoms with Gasteiger partial charge in [0.25, 0.3) is 5.56 Å². The molecule has 18 heavy (non-hydrogen) atoms. The minimum atomic E-state index is -0.613. The molecule has 0 radical (unpaired) electrons. The minimum absolute atomic E-state index is 0.212. The third-order valence-corrected chi connectivity index (χ3v) is 2.02. The maximum absolute atomic E-state index is 11.5. The lowest BCUT2D eigenvalue weighted by atomic mass is 10.3. The van der Waals surface area contributed by atoms with Crippen LogP contribution in [0.2, 0.25) is 0 Å². The fraction of sp³-hybridized carbons (Fsp3) is 0.455. The molecular weight excluding hydrogens is 240 g/mol. The van der Waals surface area contributed by atoms with Crippen LogP contribution < -0.4 is 10.3 Å². The van der Waals surface area contributed by atoms with Crippen LogP contribution >= 0.6 is 0 Å². The van der Waals surface area contributed by atoms with E-state index in [9.17, 15) is 14.4 Å². The molecule has 0 aliphatic carbocycles. The summed E-state index contributed by atoms with van der Waals surface area (Å²) >= 11 is 0. The second-order valence-electron chi connectivity index (χ2n) is 3.39. The molecule has 1 aromatic rings. The van der Waals surface area contributed by atoms with Crippen LogP contribution in [0.1, 0.15) is 13.3 Å². The quantitative estimate of drug-likeness (QED) is 0.515. The molecule has 1 aromatic heterocycles. The van der Waals surface area contributed by atoms with Gasteiger partial charge in [-0.3, -0.25) is 14.4 Å². The SMILES string of the molecule is CCOC(=O)CC(=O)Cn1nc(OC)ccc1=O. The first-order valence-electron chi connectivity index (χ1n) is 5.36. The van der Waals surface area contributed by atoms with E-state index in [1.165, 1.54) is 19.2 Å². The number of esters is 1. The number of nitrogens with zero attached hydrogens (tertiary/aromatic N) is 2. The van der Waals surface area contributed by atoms with E-state index in [0.717, 1.165) is 4.68 Å². The van der Waals surface area contributed by atoms with Gasteiger partial charge in [-0.05, 0) is 6.92 Å². The molecule has 0 N–H and O–H groups in total. The van der Waals surface area contributed by atoms with Gasteiger partial charge in [-0.15, -0.1) is 5.10 Å². The van der Waals surface area contributed by atoms with Crippen molar-refractivity contribution in [2.24, 2.45) is 0 Å². The van der Waals surface area contributed by atoms with Crippen LogP contribution in [0.3, 0.4) is 0 Å². The standard InChI is InChI=1S/C11H14N2O5/c1-3-18-11(16)6-8(14)7-13-10(15)5-4-9(12-13)17-2/h4-5H,3,6-7H2,1-2H3. The molecule has 0 saturated carbocycles. The Balaban J connectivity index is 2.69. The van der Waals surface area contributed by atoms with Gasteiger partial charge in [0.15, 0.2) is 5.78 Å². The van der Waals surface area contributed by atoms with Crippen molar-refractivity contribution in [2.45, 2.75) is 19.9 Å². The zero-order chi connectivity index (χ0) is 13.5. The lowest BCUT2D eigenvalue weighted by Crippen LogP contribution is -2.27. The average Bonchev–Trinajstić information content (AvgIpc) is 2.32. The first kappa shape index (κ1) is 13.9. The predicted molar refractivity (Wildman–Crippen MR) is 61.3 cm³/mol. The third-order valence-electron chi connectivity index (χ3n) is 2.02. The second kappa shape index (κ2) is 6.53. The van der Waals surface area contributed by atoms with E-state index in [4.69, 9.17) is 4.74 Å². The first-order chi connectivity index (χ1) is 8.56. The largest absolute Gasteiger partial charge is 0.480 e. The highest BCUT2D eigenvalue weighted by atomic mass is 16.5. The number of ether oxygens (including phenoxy) is 2. The van der Waals surface area contributed by atoms with Crippen LogP contribution in [-0.4, -0.2) is 35.2 Å². The van der Waals surface area contributed by atoms with E-state index in [1.54, 1.807) is 6.92 Å². The smallest absolute Gasteiger partial charge is 0.313 e. The zero-order valence-electron chi connectivity index (χ0n) is 10.2. The van der Waals surface area contributed by atoms with Gasteiger partial charge in [-0.1, -0.05) is 0 Å². The molecular formula is C11H14N2O5. The molecule has 0 bridgehead atoms. The van der Waals surface area contributed by atoms with E-state index in [2.05, 4.69) is 9.84 Å². The zero-order valence-corrected chi connectivity index (χ0v) is 10.2. The van der Waals surface area contributed by atoms with Crippen molar-refractivity contribution >= 4 is 11.8 Å². The molecule has 7 nitrogen and oxygen atoms in total. The van der Waals surface area contributed by atoms with E-state index < -0.39 is 17.3 Å². The van der Waals surface area contributed by atoms with E-state index in [0.29, 0.717) is 0 Å². The van der Waals surface area contributed by atoms with Gasteiger partial charge in [0.05, 0.1) is 13.7 Å². The number of carbonyl (C=O) groups is 2. The van der Waals surface area contributed by atoms with Crippen LogP contribution in [0.4, 0.5) is 0 Å². The van der Waals surface area contributed by atoms with Crippen LogP contribution in [0.5, 0.6) is 5.88 Å². The number of ketones is 1. The maximum atomic E-state index is 11.5. The highest BCUT2D eigenvalue weighted by Gasteiger charge is 2.12. The van der Waals surface area contributed by atoms with Crippen LogP contribution in [0, 0.1) is 0 Å². The Kier molecular flexibility index (Phi) is 5.04. The van der Waals surface area contributed by atoms with Crippen molar-refractivity contribution in [3.63, 3.8) is 0 Å². The van der Waals surface area contributed by atoms with Gasteiger partial charge in [-0.2, -0.15) is 0 Å². The number of hydrogen-bond acceptors (Lipinski definition) is 6. The maximum Gasteiger partial charge on any atom is 0.313 e. The topological polar surface area (TPSA) is 87.5 Å². The highest BCUT2D eigenvalue weighted by molar-refractivity contribution is 5.95. The predicted octanol–water partition coefficient (Wildman–Crippen LogP) is -0.226. The molecule has 0 amide bonds. The van der Waals surface area contributed by atoms with E-state index >= 15 is 0 Å². The first-order valence-corrected chi connectivity index (χ1v) is 5.36. The number of methoxy groups -OCH3 is 1. The van der Waals surface area contributed by atoms with Crippen molar-refractivity contribution in [3.05, 3.63) is 22.5 Å². The molecule has 7 heteroatoms. The molecule has 0 aromatic carbocycles. The van der Waals surface area contributed by atoms with Crippen LogP contribution in [-0.2, 0) is 20.9 Å². The van der Waals surface area contributed by atoms with Gasteiger partial charge in [0.1, 0.15) is 13.0 Å². The van der Waals surface area contributed by atoms with Crippen molar-refractivity contribution in [1.82, 2.24) is 9.78 Å². The number of carbonyl (C=O) groups excluding carboxylic acids is 2. The molecule has 1 rings (SSSR count). The molecule has 0 fully saturated rings. The number of aromatic nitrogens is 2. The molecule has 0 saturated heterocycles. The fourth-order valence-electron chi connectivity index (χ4n) is 1.25. The Bertz CT molecular complexity index is 494. The monoisotopic (exact) mass is 254 g/mol. The van der Waals surface area contributed by atoms with Crippen molar-refractivity contribution in [1.29, 1.82) is 0 Å². The average molecular weight is 254 g/mol. The summed E-state index contributed by atoms with van der Waals surface area (Å²) in [4.78, 5) is 34.0. The van der Waals surface area contributed by atoms with Crippen molar-refractivity contribution < 1.29 is 19.1 Å². The number of rotatable bonds is 6. The lowest BCUT2D eigenvalue weighted by Gasteiger charge is -2.05. The summed E-state index contributed by atoms with van der Waals surface area (Å²) in [6.45, 7) is 1.58. The summed E-state index contributed by atoms with van der Waals surface area (Å²) in [5.41, 5.74) is -0.437. The number of Topliss-reactive ketones (excluding diaryl/α,β-unsaturated/α-hetero) is 1. The Morgan fingerprint density at radius 1 is 1.39 bits per heavy atom. The van der Waals surface area contributed by atoms with Crippen molar-refractivity contribution in [3.8, 4) is 5.88 Å². The van der Waals surface area contributed by atoms with Crippen molar-refractivity contribution in [2.75, 3.05) is 13.7 Å². The van der Waals surface area contributed by atoms with Crippen LogP contribution in [0.15, 0.2) is 16.9 Å². The Hall–Kier alpha value is -2.18. The summed E-state index contributed by atoms with van der Waals surface area (Å²) in [6.07, 6.45) is -0.376. The summed E-state index contributed by atoms with van der Waals surface area (Å²) in [7, 11) is 1.40. The minimum Gasteiger partial charge on any atom is -0.480 e. The van der Waals surface area contributed by atoms with Gasteiger partial charge >= 0.3 is 5.97 Å². The molecule has 0 atom stereocenters. The molecule has 0 unspecified atom stereocenters. The Morgan fingerprint density at radius 3 is 2.72 bits per heavy atom. The van der Waals surface area contributed by atoms with Crippen LogP contribution in [0.25, 0.3) is 0 Å². The molecule has 98 valence electrons. The van der Waals surface area contributed by atoms with E-state index in [1.807, 2.05) is 0 Å². The van der Waals surface area contributed by atoms with Gasteiger partial charge in [0, 0.05) is 12.1 Å². The normalized spacial score (nSPS) is 9.89. The summed E-state index contributed by atoms with van der Waals surface area (Å²) < 4.78 is 10.4. The third kappa shape index (κ3) is 4.00.